The molecule has 0 radical (unpaired) electrons. The molecular formula is C11H22ClNO4. The van der Waals surface area contributed by atoms with E-state index in [1.807, 2.05) is 0 Å². The van der Waals surface area contributed by atoms with Crippen LogP contribution in [-0.4, -0.2) is 59.4 Å². The SMILES string of the molecule is C#CCOCCOCCOCCOCCN.Cl. The Bertz CT molecular complexity index is 175. The second kappa shape index (κ2) is 18.0. The van der Waals surface area contributed by atoms with Crippen LogP contribution in [0.5, 0.6) is 0 Å². The highest BCUT2D eigenvalue weighted by molar-refractivity contribution is 5.85. The smallest absolute Gasteiger partial charge is 0.107 e. The van der Waals surface area contributed by atoms with E-state index in [0.29, 0.717) is 59.4 Å². The summed E-state index contributed by atoms with van der Waals surface area (Å²) in [5, 5.41) is 0. The van der Waals surface area contributed by atoms with Crippen molar-refractivity contribution in [3.05, 3.63) is 0 Å². The predicted octanol–water partition coefficient (Wildman–Crippen LogP) is 0.0665. The van der Waals surface area contributed by atoms with Gasteiger partial charge in [0.05, 0.1) is 46.2 Å². The molecule has 0 heterocycles. The Hall–Kier alpha value is -0.350. The number of rotatable bonds is 12. The normalized spacial score (nSPS) is 9.65. The van der Waals surface area contributed by atoms with E-state index in [0.717, 1.165) is 0 Å². The summed E-state index contributed by atoms with van der Waals surface area (Å²) in [6.45, 7) is 4.75. The van der Waals surface area contributed by atoms with Gasteiger partial charge in [-0.15, -0.1) is 18.8 Å². The van der Waals surface area contributed by atoms with Gasteiger partial charge in [0.15, 0.2) is 0 Å². The maximum atomic E-state index is 5.25. The fourth-order valence-electron chi connectivity index (χ4n) is 0.874. The summed E-state index contributed by atoms with van der Waals surface area (Å²) in [7, 11) is 0. The van der Waals surface area contributed by atoms with Crippen molar-refractivity contribution >= 4 is 12.4 Å². The molecule has 0 atom stereocenters. The first kappa shape index (κ1) is 19.0. The number of halogens is 1. The lowest BCUT2D eigenvalue weighted by molar-refractivity contribution is 0.00223. The molecule has 0 aliphatic rings. The molecule has 2 N–H and O–H groups in total. The molecule has 0 aromatic rings. The minimum absolute atomic E-state index is 0. The van der Waals surface area contributed by atoms with Crippen molar-refractivity contribution in [3.63, 3.8) is 0 Å². The quantitative estimate of drug-likeness (QED) is 0.400. The van der Waals surface area contributed by atoms with Gasteiger partial charge in [0, 0.05) is 6.54 Å². The third kappa shape index (κ3) is 18.2. The lowest BCUT2D eigenvalue weighted by Crippen LogP contribution is -2.14. The summed E-state index contributed by atoms with van der Waals surface area (Å²) in [6.07, 6.45) is 5.00. The molecule has 0 amide bonds. The van der Waals surface area contributed by atoms with E-state index in [1.54, 1.807) is 0 Å². The third-order valence-corrected chi connectivity index (χ3v) is 1.56. The monoisotopic (exact) mass is 267 g/mol. The first-order chi connectivity index (χ1) is 7.91. The van der Waals surface area contributed by atoms with Crippen LogP contribution in [0.15, 0.2) is 0 Å². The zero-order valence-electron chi connectivity index (χ0n) is 10.1. The van der Waals surface area contributed by atoms with E-state index in [1.165, 1.54) is 0 Å². The molecule has 0 unspecified atom stereocenters. The molecule has 102 valence electrons. The van der Waals surface area contributed by atoms with Gasteiger partial charge >= 0.3 is 0 Å². The van der Waals surface area contributed by atoms with E-state index in [4.69, 9.17) is 31.1 Å². The van der Waals surface area contributed by atoms with Crippen molar-refractivity contribution in [1.82, 2.24) is 0 Å². The van der Waals surface area contributed by atoms with E-state index < -0.39 is 0 Å². The van der Waals surface area contributed by atoms with Crippen molar-refractivity contribution in [2.75, 3.05) is 59.4 Å². The average molecular weight is 268 g/mol. The minimum atomic E-state index is 0. The third-order valence-electron chi connectivity index (χ3n) is 1.56. The molecule has 0 fully saturated rings. The highest BCUT2D eigenvalue weighted by Crippen LogP contribution is 1.81. The fraction of sp³-hybridized carbons (Fsp3) is 0.818. The van der Waals surface area contributed by atoms with Crippen molar-refractivity contribution in [2.45, 2.75) is 0 Å². The zero-order valence-corrected chi connectivity index (χ0v) is 10.9. The van der Waals surface area contributed by atoms with Crippen LogP contribution in [-0.2, 0) is 18.9 Å². The molecule has 0 saturated carbocycles. The number of hydrogen-bond donors (Lipinski definition) is 1. The summed E-state index contributed by atoms with van der Waals surface area (Å²) < 4.78 is 20.6. The zero-order chi connectivity index (χ0) is 11.9. The predicted molar refractivity (Wildman–Crippen MR) is 68.4 cm³/mol. The van der Waals surface area contributed by atoms with Gasteiger partial charge < -0.3 is 24.7 Å². The van der Waals surface area contributed by atoms with Crippen molar-refractivity contribution < 1.29 is 18.9 Å². The molecule has 6 heteroatoms. The topological polar surface area (TPSA) is 62.9 Å². The maximum absolute atomic E-state index is 5.25. The van der Waals surface area contributed by atoms with Crippen LogP contribution in [0, 0.1) is 12.3 Å². The average Bonchev–Trinajstić information content (AvgIpc) is 2.31. The van der Waals surface area contributed by atoms with Crippen molar-refractivity contribution in [3.8, 4) is 12.3 Å². The van der Waals surface area contributed by atoms with Crippen LogP contribution in [0.3, 0.4) is 0 Å². The van der Waals surface area contributed by atoms with E-state index >= 15 is 0 Å². The molecule has 0 aromatic carbocycles. The molecule has 0 aromatic heterocycles. The van der Waals surface area contributed by atoms with Gasteiger partial charge in [0.25, 0.3) is 0 Å². The Morgan fingerprint density at radius 3 is 1.59 bits per heavy atom. The van der Waals surface area contributed by atoms with Crippen LogP contribution in [0.25, 0.3) is 0 Å². The summed E-state index contributed by atoms with van der Waals surface area (Å²) in [6, 6.07) is 0. The van der Waals surface area contributed by atoms with E-state index in [-0.39, 0.29) is 12.4 Å². The van der Waals surface area contributed by atoms with Crippen LogP contribution in [0.1, 0.15) is 0 Å². The summed E-state index contributed by atoms with van der Waals surface area (Å²) in [4.78, 5) is 0. The highest BCUT2D eigenvalue weighted by Gasteiger charge is 1.91. The number of terminal acetylenes is 1. The van der Waals surface area contributed by atoms with Crippen molar-refractivity contribution in [1.29, 1.82) is 0 Å². The number of ether oxygens (including phenoxy) is 4. The first-order valence-corrected chi connectivity index (χ1v) is 5.36. The molecule has 0 saturated heterocycles. The lowest BCUT2D eigenvalue weighted by atomic mass is 10.7. The Morgan fingerprint density at radius 1 is 0.765 bits per heavy atom. The summed E-state index contributed by atoms with van der Waals surface area (Å²) >= 11 is 0. The molecule has 5 nitrogen and oxygen atoms in total. The molecular weight excluding hydrogens is 246 g/mol. The second-order valence-electron chi connectivity index (χ2n) is 2.88. The second-order valence-corrected chi connectivity index (χ2v) is 2.88. The van der Waals surface area contributed by atoms with E-state index in [9.17, 15) is 0 Å². The van der Waals surface area contributed by atoms with Gasteiger partial charge in [0.1, 0.15) is 6.61 Å². The Morgan fingerprint density at radius 2 is 1.18 bits per heavy atom. The van der Waals surface area contributed by atoms with Gasteiger partial charge in [-0.3, -0.25) is 0 Å². The Kier molecular flexibility index (Phi) is 20.1. The largest absolute Gasteiger partial charge is 0.378 e. The molecule has 0 aliphatic heterocycles. The number of hydrogen-bond acceptors (Lipinski definition) is 5. The minimum Gasteiger partial charge on any atom is -0.378 e. The molecule has 0 spiro atoms. The number of nitrogens with two attached hydrogens (primary N) is 1. The first-order valence-electron chi connectivity index (χ1n) is 5.36. The van der Waals surface area contributed by atoms with Gasteiger partial charge in [-0.2, -0.15) is 0 Å². The summed E-state index contributed by atoms with van der Waals surface area (Å²) in [5.74, 6) is 2.38. The molecule has 17 heavy (non-hydrogen) atoms. The molecule has 0 bridgehead atoms. The van der Waals surface area contributed by atoms with E-state index in [2.05, 4.69) is 5.92 Å². The highest BCUT2D eigenvalue weighted by atomic mass is 35.5. The fourth-order valence-corrected chi connectivity index (χ4v) is 0.874. The van der Waals surface area contributed by atoms with Gasteiger partial charge in [-0.25, -0.2) is 0 Å². The van der Waals surface area contributed by atoms with Crippen LogP contribution >= 0.6 is 12.4 Å². The lowest BCUT2D eigenvalue weighted by Gasteiger charge is -2.06. The van der Waals surface area contributed by atoms with Crippen LogP contribution in [0.4, 0.5) is 0 Å². The van der Waals surface area contributed by atoms with Gasteiger partial charge in [-0.05, 0) is 0 Å². The molecule has 0 rings (SSSR count). The van der Waals surface area contributed by atoms with Crippen LogP contribution < -0.4 is 5.73 Å². The Balaban J connectivity index is 0. The Labute approximate surface area is 109 Å². The van der Waals surface area contributed by atoms with Crippen molar-refractivity contribution in [2.24, 2.45) is 5.73 Å². The van der Waals surface area contributed by atoms with Gasteiger partial charge in [0.2, 0.25) is 0 Å². The van der Waals surface area contributed by atoms with Crippen LogP contribution in [0.2, 0.25) is 0 Å². The molecule has 0 aliphatic carbocycles. The standard InChI is InChI=1S/C11H21NO4.ClH/c1-2-4-13-6-8-15-10-11-16-9-7-14-5-3-12;/h1H,3-12H2;1H. The van der Waals surface area contributed by atoms with Gasteiger partial charge in [-0.1, -0.05) is 5.92 Å². The summed E-state index contributed by atoms with van der Waals surface area (Å²) in [5.41, 5.74) is 5.25. The maximum Gasteiger partial charge on any atom is 0.107 e.